The van der Waals surface area contributed by atoms with Crippen molar-refractivity contribution in [3.8, 4) is 0 Å². The van der Waals surface area contributed by atoms with E-state index in [0.717, 1.165) is 38.5 Å². The van der Waals surface area contributed by atoms with Crippen LogP contribution in [0.5, 0.6) is 0 Å². The van der Waals surface area contributed by atoms with Gasteiger partial charge in [-0.2, -0.15) is 0 Å². The summed E-state index contributed by atoms with van der Waals surface area (Å²) in [6, 6.07) is 0. The molecule has 7 heteroatoms. The number of carbonyl (C=O) groups excluding carboxylic acids is 2. The summed E-state index contributed by atoms with van der Waals surface area (Å²) in [6.07, 6.45) is 43.6. The van der Waals surface area contributed by atoms with Crippen LogP contribution in [0.25, 0.3) is 0 Å². The Kier molecular flexibility index (Phi) is 43.3. The quantitative estimate of drug-likeness (QED) is 0.0612. The number of rotatable bonds is 42. The molecule has 2 amide bonds. The van der Waals surface area contributed by atoms with E-state index in [1.807, 2.05) is 0 Å². The lowest BCUT2D eigenvalue weighted by molar-refractivity contribution is 0.121. The van der Waals surface area contributed by atoms with Crippen LogP contribution in [0.4, 0.5) is 9.59 Å². The molecule has 0 aromatic heterocycles. The Morgan fingerprint density at radius 1 is 0.314 bits per heavy atom. The molecular formula is C44H88N2O5. The Labute approximate surface area is 317 Å². The van der Waals surface area contributed by atoms with E-state index in [1.165, 1.54) is 180 Å². The predicted octanol–water partition coefficient (Wildman–Crippen LogP) is 13.8. The molecule has 0 aromatic rings. The monoisotopic (exact) mass is 725 g/mol. The summed E-state index contributed by atoms with van der Waals surface area (Å²) in [5.74, 6) is 0. The van der Waals surface area contributed by atoms with Gasteiger partial charge in [0.25, 0.3) is 0 Å². The van der Waals surface area contributed by atoms with Crippen molar-refractivity contribution in [3.63, 3.8) is 0 Å². The molecule has 0 rings (SSSR count). The number of unbranched alkanes of at least 4 members (excludes halogenated alkanes) is 30. The molecule has 304 valence electrons. The van der Waals surface area contributed by atoms with Gasteiger partial charge in [0.05, 0.1) is 13.2 Å². The number of hydrogen-bond donors (Lipinski definition) is 2. The zero-order chi connectivity index (χ0) is 37.0. The molecule has 0 unspecified atom stereocenters. The van der Waals surface area contributed by atoms with Crippen LogP contribution in [-0.4, -0.2) is 51.7 Å². The molecule has 0 fully saturated rings. The van der Waals surface area contributed by atoms with Gasteiger partial charge in [0.1, 0.15) is 0 Å². The van der Waals surface area contributed by atoms with Crippen LogP contribution in [0, 0.1) is 0 Å². The van der Waals surface area contributed by atoms with E-state index in [1.54, 1.807) is 0 Å². The van der Waals surface area contributed by atoms with E-state index >= 15 is 0 Å². The first-order valence-corrected chi connectivity index (χ1v) is 22.6. The molecule has 0 saturated carbocycles. The lowest BCUT2D eigenvalue weighted by Crippen LogP contribution is -2.27. The topological polar surface area (TPSA) is 85.9 Å². The first-order chi connectivity index (χ1) is 25.2. The van der Waals surface area contributed by atoms with Crippen LogP contribution in [0.2, 0.25) is 0 Å². The van der Waals surface area contributed by atoms with Crippen LogP contribution < -0.4 is 10.6 Å². The van der Waals surface area contributed by atoms with Crippen LogP contribution in [-0.2, 0) is 14.2 Å². The highest BCUT2D eigenvalue weighted by atomic mass is 16.6. The van der Waals surface area contributed by atoms with Gasteiger partial charge in [-0.25, -0.2) is 9.59 Å². The maximum Gasteiger partial charge on any atom is 0.407 e. The van der Waals surface area contributed by atoms with Gasteiger partial charge >= 0.3 is 12.2 Å². The summed E-state index contributed by atoms with van der Waals surface area (Å²) in [7, 11) is 0. The minimum atomic E-state index is -0.335. The lowest BCUT2D eigenvalue weighted by Gasteiger charge is -2.09. The maximum absolute atomic E-state index is 11.9. The summed E-state index contributed by atoms with van der Waals surface area (Å²) in [6.45, 7) is 7.78. The molecule has 0 saturated heterocycles. The third kappa shape index (κ3) is 44.6. The molecule has 2 N–H and O–H groups in total. The van der Waals surface area contributed by atoms with Crippen LogP contribution in [0.15, 0.2) is 0 Å². The zero-order valence-corrected chi connectivity index (χ0v) is 34.3. The highest BCUT2D eigenvalue weighted by Crippen LogP contribution is 2.15. The summed E-state index contributed by atoms with van der Waals surface area (Å²) in [5, 5.41) is 5.59. The third-order valence-electron chi connectivity index (χ3n) is 9.93. The number of nitrogens with one attached hydrogen (secondary N) is 2. The Balaban J connectivity index is 3.23. The minimum Gasteiger partial charge on any atom is -0.450 e. The molecule has 7 nitrogen and oxygen atoms in total. The average molecular weight is 725 g/mol. The predicted molar refractivity (Wildman–Crippen MR) is 218 cm³/mol. The summed E-state index contributed by atoms with van der Waals surface area (Å²) in [4.78, 5) is 23.7. The van der Waals surface area contributed by atoms with Crippen molar-refractivity contribution >= 4 is 12.2 Å². The van der Waals surface area contributed by atoms with Crippen molar-refractivity contribution in [1.82, 2.24) is 10.6 Å². The molecule has 0 aliphatic carbocycles. The average Bonchev–Trinajstić information content (AvgIpc) is 3.13. The zero-order valence-electron chi connectivity index (χ0n) is 34.3. The van der Waals surface area contributed by atoms with Gasteiger partial charge in [0, 0.05) is 26.3 Å². The maximum atomic E-state index is 11.9. The van der Waals surface area contributed by atoms with Gasteiger partial charge in [-0.05, 0) is 25.7 Å². The highest BCUT2D eigenvalue weighted by Gasteiger charge is 2.03. The van der Waals surface area contributed by atoms with Gasteiger partial charge in [0.15, 0.2) is 0 Å². The van der Waals surface area contributed by atoms with E-state index in [-0.39, 0.29) is 12.2 Å². The number of amides is 2. The van der Waals surface area contributed by atoms with Gasteiger partial charge < -0.3 is 24.8 Å². The number of alkyl carbamates (subject to hydrolysis) is 2. The van der Waals surface area contributed by atoms with Crippen molar-refractivity contribution in [1.29, 1.82) is 0 Å². The second-order valence-corrected chi connectivity index (χ2v) is 15.1. The van der Waals surface area contributed by atoms with Gasteiger partial charge in [-0.15, -0.1) is 0 Å². The standard InChI is InChI=1S/C44H88N2O5/c1-3-5-7-9-11-13-15-17-19-21-23-25-27-29-31-33-41-50-43(47)45-37-35-39-49-40-36-38-46-44(48)51-42-34-32-30-28-26-24-22-20-18-16-14-12-10-8-6-4-2/h3-42H2,1-2H3,(H,45,47)(H,46,48). The number of carbonyl (C=O) groups is 2. The van der Waals surface area contributed by atoms with Gasteiger partial charge in [-0.3, -0.25) is 0 Å². The van der Waals surface area contributed by atoms with Gasteiger partial charge in [0.2, 0.25) is 0 Å². The Bertz CT molecular complexity index is 636. The fourth-order valence-corrected chi connectivity index (χ4v) is 6.56. The second-order valence-electron chi connectivity index (χ2n) is 15.1. The fourth-order valence-electron chi connectivity index (χ4n) is 6.56. The first kappa shape index (κ1) is 49.5. The number of hydrogen-bond acceptors (Lipinski definition) is 5. The summed E-state index contributed by atoms with van der Waals surface area (Å²) < 4.78 is 16.2. The Morgan fingerprint density at radius 3 is 0.804 bits per heavy atom. The fraction of sp³-hybridized carbons (Fsp3) is 0.955. The summed E-state index contributed by atoms with van der Waals surface area (Å²) in [5.41, 5.74) is 0. The molecule has 0 spiro atoms. The van der Waals surface area contributed by atoms with Crippen molar-refractivity contribution in [3.05, 3.63) is 0 Å². The molecule has 0 atom stereocenters. The van der Waals surface area contributed by atoms with E-state index in [2.05, 4.69) is 24.5 Å². The van der Waals surface area contributed by atoms with Crippen LogP contribution in [0.3, 0.4) is 0 Å². The van der Waals surface area contributed by atoms with E-state index in [0.29, 0.717) is 39.5 Å². The second kappa shape index (κ2) is 44.7. The van der Waals surface area contributed by atoms with E-state index < -0.39 is 0 Å². The Morgan fingerprint density at radius 2 is 0.549 bits per heavy atom. The van der Waals surface area contributed by atoms with Crippen LogP contribution >= 0.6 is 0 Å². The molecule has 0 bridgehead atoms. The van der Waals surface area contributed by atoms with E-state index in [9.17, 15) is 9.59 Å². The molecular weight excluding hydrogens is 636 g/mol. The summed E-state index contributed by atoms with van der Waals surface area (Å²) >= 11 is 0. The van der Waals surface area contributed by atoms with Crippen molar-refractivity contribution in [2.75, 3.05) is 39.5 Å². The molecule has 51 heavy (non-hydrogen) atoms. The molecule has 0 aliphatic heterocycles. The van der Waals surface area contributed by atoms with Crippen molar-refractivity contribution < 1.29 is 23.8 Å². The van der Waals surface area contributed by atoms with Crippen LogP contribution in [0.1, 0.15) is 232 Å². The molecule has 0 heterocycles. The van der Waals surface area contributed by atoms with Gasteiger partial charge in [-0.1, -0.05) is 206 Å². The SMILES string of the molecule is CCCCCCCCCCCCCCCCCCOC(=O)NCCCOCCCNC(=O)OCCCCCCCCCCCCCCCCCC. The minimum absolute atomic E-state index is 0.335. The smallest absolute Gasteiger partial charge is 0.407 e. The molecule has 0 aliphatic rings. The number of ether oxygens (including phenoxy) is 3. The first-order valence-electron chi connectivity index (χ1n) is 22.6. The van der Waals surface area contributed by atoms with Crippen molar-refractivity contribution in [2.45, 2.75) is 232 Å². The third-order valence-corrected chi connectivity index (χ3v) is 9.93. The largest absolute Gasteiger partial charge is 0.450 e. The normalized spacial score (nSPS) is 11.2. The lowest BCUT2D eigenvalue weighted by atomic mass is 10.0. The molecule has 0 aromatic carbocycles. The highest BCUT2D eigenvalue weighted by molar-refractivity contribution is 5.67. The van der Waals surface area contributed by atoms with E-state index in [4.69, 9.17) is 14.2 Å². The Hall–Kier alpha value is -1.50. The van der Waals surface area contributed by atoms with Crippen molar-refractivity contribution in [2.24, 2.45) is 0 Å². The molecule has 0 radical (unpaired) electrons.